The van der Waals surface area contributed by atoms with Crippen LogP contribution in [0.1, 0.15) is 42.9 Å². The molecule has 156 valence electrons. The second-order valence-corrected chi connectivity index (χ2v) is 7.88. The number of urea groups is 1. The van der Waals surface area contributed by atoms with E-state index in [9.17, 15) is 14.4 Å². The maximum atomic E-state index is 13.1. The Labute approximate surface area is 175 Å². The van der Waals surface area contributed by atoms with Crippen molar-refractivity contribution in [2.75, 3.05) is 13.2 Å². The van der Waals surface area contributed by atoms with Gasteiger partial charge in [0.2, 0.25) is 0 Å². The zero-order valence-electron chi connectivity index (χ0n) is 17.0. The molecule has 2 aromatic rings. The largest absolute Gasteiger partial charge is 0.493 e. The van der Waals surface area contributed by atoms with Gasteiger partial charge in [0, 0.05) is 12.0 Å². The Morgan fingerprint density at radius 1 is 1.17 bits per heavy atom. The number of imide groups is 1. The number of rotatable bonds is 5. The summed E-state index contributed by atoms with van der Waals surface area (Å²) < 4.78 is 10.9. The number of carbonyl (C=O) groups excluding carboxylic acids is 3. The van der Waals surface area contributed by atoms with Gasteiger partial charge < -0.3 is 14.8 Å². The summed E-state index contributed by atoms with van der Waals surface area (Å²) in [7, 11) is 0. The Kier molecular flexibility index (Phi) is 5.20. The van der Waals surface area contributed by atoms with Crippen molar-refractivity contribution >= 4 is 17.9 Å². The average molecular weight is 408 g/mol. The molecule has 1 fully saturated rings. The van der Waals surface area contributed by atoms with E-state index in [4.69, 9.17) is 9.47 Å². The van der Waals surface area contributed by atoms with E-state index >= 15 is 0 Å². The summed E-state index contributed by atoms with van der Waals surface area (Å²) in [6.45, 7) is 4.17. The lowest BCUT2D eigenvalue weighted by Crippen LogP contribution is -2.47. The van der Waals surface area contributed by atoms with Crippen molar-refractivity contribution in [2.24, 2.45) is 0 Å². The molecular formula is C23H24N2O5. The lowest BCUT2D eigenvalue weighted by Gasteiger charge is -2.33. The predicted octanol–water partition coefficient (Wildman–Crippen LogP) is 3.08. The maximum absolute atomic E-state index is 13.1. The van der Waals surface area contributed by atoms with E-state index in [1.807, 2.05) is 30.3 Å². The number of ether oxygens (including phenoxy) is 2. The van der Waals surface area contributed by atoms with Gasteiger partial charge in [0.25, 0.3) is 5.91 Å². The van der Waals surface area contributed by atoms with E-state index in [0.29, 0.717) is 30.3 Å². The van der Waals surface area contributed by atoms with E-state index in [2.05, 4.69) is 19.2 Å². The second-order valence-electron chi connectivity index (χ2n) is 7.88. The van der Waals surface area contributed by atoms with Gasteiger partial charge in [-0.3, -0.25) is 14.5 Å². The highest BCUT2D eigenvalue weighted by Gasteiger charge is 2.55. The van der Waals surface area contributed by atoms with Gasteiger partial charge in [-0.25, -0.2) is 4.79 Å². The van der Waals surface area contributed by atoms with Crippen LogP contribution in [0, 0.1) is 0 Å². The molecule has 1 saturated heterocycles. The summed E-state index contributed by atoms with van der Waals surface area (Å²) in [5.41, 5.74) is 1.46. The number of esters is 1. The Hall–Kier alpha value is -3.35. The summed E-state index contributed by atoms with van der Waals surface area (Å²) in [5, 5.41) is 2.77. The lowest BCUT2D eigenvalue weighted by molar-refractivity contribution is -0.149. The molecule has 1 N–H and O–H groups in total. The Balaban J connectivity index is 1.42. The van der Waals surface area contributed by atoms with Crippen molar-refractivity contribution in [1.82, 2.24) is 10.2 Å². The summed E-state index contributed by atoms with van der Waals surface area (Å²) in [6, 6.07) is 14.3. The highest BCUT2D eigenvalue weighted by atomic mass is 16.5. The first-order chi connectivity index (χ1) is 14.4. The van der Waals surface area contributed by atoms with Crippen LogP contribution in [0.4, 0.5) is 4.79 Å². The Morgan fingerprint density at radius 3 is 2.63 bits per heavy atom. The van der Waals surface area contributed by atoms with Crippen LogP contribution >= 0.6 is 0 Å². The summed E-state index contributed by atoms with van der Waals surface area (Å²) in [6.07, 6.45) is 0.308. The van der Waals surface area contributed by atoms with Crippen LogP contribution in [0.3, 0.4) is 0 Å². The minimum Gasteiger partial charge on any atom is -0.493 e. The second kappa shape index (κ2) is 7.82. The van der Waals surface area contributed by atoms with Gasteiger partial charge in [-0.15, -0.1) is 0 Å². The molecule has 0 radical (unpaired) electrons. The molecule has 2 heterocycles. The molecule has 7 heteroatoms. The van der Waals surface area contributed by atoms with Gasteiger partial charge in [0.05, 0.1) is 6.61 Å². The molecular weight excluding hydrogens is 384 g/mol. The quantitative estimate of drug-likeness (QED) is 0.607. The number of benzene rings is 2. The summed E-state index contributed by atoms with van der Waals surface area (Å²) in [4.78, 5) is 38.9. The van der Waals surface area contributed by atoms with Gasteiger partial charge in [0.15, 0.2) is 5.54 Å². The number of fused-ring (bicyclic) bond motifs is 2. The van der Waals surface area contributed by atoms with E-state index < -0.39 is 30.0 Å². The van der Waals surface area contributed by atoms with Crippen molar-refractivity contribution in [2.45, 2.75) is 38.3 Å². The molecule has 0 aliphatic carbocycles. The first-order valence-electron chi connectivity index (χ1n) is 10.0. The van der Waals surface area contributed by atoms with E-state index in [-0.39, 0.29) is 6.61 Å². The summed E-state index contributed by atoms with van der Waals surface area (Å²) in [5.74, 6) is -0.110. The molecule has 4 rings (SSSR count). The fourth-order valence-electron chi connectivity index (χ4n) is 3.85. The first kappa shape index (κ1) is 19.9. The molecule has 0 aromatic heterocycles. The monoisotopic (exact) mass is 408 g/mol. The number of amides is 3. The third kappa shape index (κ3) is 3.51. The lowest BCUT2D eigenvalue weighted by atomic mass is 9.84. The van der Waals surface area contributed by atoms with Crippen LogP contribution in [0.2, 0.25) is 0 Å². The molecule has 2 aliphatic heterocycles. The minimum absolute atomic E-state index is 0.0860. The van der Waals surface area contributed by atoms with Crippen LogP contribution in [-0.2, 0) is 26.5 Å². The van der Waals surface area contributed by atoms with Crippen LogP contribution in [0.5, 0.6) is 5.75 Å². The van der Waals surface area contributed by atoms with Crippen LogP contribution in [0.15, 0.2) is 48.5 Å². The van der Waals surface area contributed by atoms with Gasteiger partial charge in [-0.2, -0.15) is 0 Å². The molecule has 0 unspecified atom stereocenters. The number of hydrogen-bond acceptors (Lipinski definition) is 5. The Morgan fingerprint density at radius 2 is 1.90 bits per heavy atom. The minimum atomic E-state index is -1.20. The first-order valence-corrected chi connectivity index (χ1v) is 10.0. The topological polar surface area (TPSA) is 84.9 Å². The zero-order chi connectivity index (χ0) is 21.3. The molecule has 30 heavy (non-hydrogen) atoms. The van der Waals surface area contributed by atoms with Gasteiger partial charge in [-0.1, -0.05) is 56.3 Å². The molecule has 1 atom stereocenters. The SMILES string of the molecule is CC(C)c1ccc(COC(=O)CN2C(=O)N[C@@]3(CCOc4ccccc43)C2=O)cc1. The van der Waals surface area contributed by atoms with E-state index in [1.54, 1.807) is 18.2 Å². The van der Waals surface area contributed by atoms with Crippen molar-refractivity contribution < 1.29 is 23.9 Å². The maximum Gasteiger partial charge on any atom is 0.326 e. The number of hydrogen-bond donors (Lipinski definition) is 1. The number of para-hydroxylation sites is 1. The van der Waals surface area contributed by atoms with Crippen molar-refractivity contribution in [3.63, 3.8) is 0 Å². The fraction of sp³-hybridized carbons (Fsp3) is 0.348. The highest BCUT2D eigenvalue weighted by Crippen LogP contribution is 2.40. The summed E-state index contributed by atoms with van der Waals surface area (Å²) >= 11 is 0. The third-order valence-electron chi connectivity index (χ3n) is 5.59. The van der Waals surface area contributed by atoms with Crippen LogP contribution in [-0.4, -0.2) is 36.0 Å². The van der Waals surface area contributed by atoms with Gasteiger partial charge in [0.1, 0.15) is 18.9 Å². The predicted molar refractivity (Wildman–Crippen MR) is 109 cm³/mol. The van der Waals surface area contributed by atoms with Crippen LogP contribution in [0.25, 0.3) is 0 Å². The number of nitrogens with one attached hydrogen (secondary N) is 1. The molecule has 0 bridgehead atoms. The van der Waals surface area contributed by atoms with Gasteiger partial charge >= 0.3 is 12.0 Å². The van der Waals surface area contributed by atoms with Crippen molar-refractivity contribution in [3.8, 4) is 5.75 Å². The fourth-order valence-corrected chi connectivity index (χ4v) is 3.85. The van der Waals surface area contributed by atoms with Crippen molar-refractivity contribution in [1.29, 1.82) is 0 Å². The normalized spacial score (nSPS) is 20.2. The van der Waals surface area contributed by atoms with E-state index in [1.165, 1.54) is 5.56 Å². The zero-order valence-corrected chi connectivity index (χ0v) is 17.0. The molecule has 2 aromatic carbocycles. The Bertz CT molecular complexity index is 985. The molecule has 0 saturated carbocycles. The molecule has 2 aliphatic rings. The molecule has 7 nitrogen and oxygen atoms in total. The standard InChI is InChI=1S/C23H24N2O5/c1-15(2)17-9-7-16(8-10-17)14-30-20(26)13-25-21(27)23(24-22(25)28)11-12-29-19-6-4-3-5-18(19)23/h3-10,15H,11-14H2,1-2H3,(H,24,28)/t23-/m1/s1. The molecule has 3 amide bonds. The highest BCUT2D eigenvalue weighted by molar-refractivity contribution is 6.09. The number of nitrogens with zero attached hydrogens (tertiary/aromatic N) is 1. The van der Waals surface area contributed by atoms with E-state index in [0.717, 1.165) is 10.5 Å². The third-order valence-corrected chi connectivity index (χ3v) is 5.59. The average Bonchev–Trinajstić information content (AvgIpc) is 2.97. The smallest absolute Gasteiger partial charge is 0.326 e. The number of carbonyl (C=O) groups is 3. The van der Waals surface area contributed by atoms with Gasteiger partial charge in [-0.05, 0) is 23.1 Å². The van der Waals surface area contributed by atoms with Crippen molar-refractivity contribution in [3.05, 3.63) is 65.2 Å². The molecule has 1 spiro atoms. The van der Waals surface area contributed by atoms with Crippen LogP contribution < -0.4 is 10.1 Å².